The number of aliphatic hydroxyl groups excluding tert-OH is 2. The molecule has 2 fully saturated rings. The third-order valence-corrected chi connectivity index (χ3v) is 7.66. The number of aryl methyl sites for hydroxylation is 1. The van der Waals surface area contributed by atoms with E-state index in [1.54, 1.807) is 11.3 Å². The van der Waals surface area contributed by atoms with E-state index in [1.165, 1.54) is 11.8 Å². The molecular formula is C18H29N3O3S2. The molecule has 0 bridgehead atoms. The smallest absolute Gasteiger partial charge is 0.233 e. The molecule has 0 unspecified atom stereocenters. The standard InChI is InChI=1S/C18H29N3O3S2/c1-13-11-25-18(19-13)26-12-17(24)21-7-15(16(8-21)10-23)6-20-4-2-14(9-22)3-5-20/h11,14-16,22-23H,2-10,12H2,1H3/t15-,16-/m0/s1. The molecule has 0 saturated carbocycles. The first-order valence-electron chi connectivity index (χ1n) is 9.35. The van der Waals surface area contributed by atoms with Crippen LogP contribution in [0.3, 0.4) is 0 Å². The van der Waals surface area contributed by atoms with Gasteiger partial charge in [0.15, 0.2) is 4.34 Å². The Morgan fingerprint density at radius 1 is 1.27 bits per heavy atom. The fourth-order valence-corrected chi connectivity index (χ4v) is 5.60. The van der Waals surface area contributed by atoms with Gasteiger partial charge in [-0.2, -0.15) is 0 Å². The molecule has 0 radical (unpaired) electrons. The SMILES string of the molecule is Cc1csc(SCC(=O)N2C[C@@H](CO)[C@@H](CN3CCC(CO)CC3)C2)n1. The summed E-state index contributed by atoms with van der Waals surface area (Å²) in [7, 11) is 0. The number of amides is 1. The molecule has 26 heavy (non-hydrogen) atoms. The van der Waals surface area contributed by atoms with Crippen LogP contribution in [0.5, 0.6) is 0 Å². The Bertz CT molecular complexity index is 590. The van der Waals surface area contributed by atoms with E-state index in [0.717, 1.165) is 49.1 Å². The minimum atomic E-state index is 0.139. The van der Waals surface area contributed by atoms with Gasteiger partial charge in [0, 0.05) is 49.8 Å². The summed E-state index contributed by atoms with van der Waals surface area (Å²) in [5.74, 6) is 1.50. The molecule has 2 aliphatic heterocycles. The molecule has 3 heterocycles. The average Bonchev–Trinajstić information content (AvgIpc) is 3.26. The van der Waals surface area contributed by atoms with Crippen molar-refractivity contribution >= 4 is 29.0 Å². The summed E-state index contributed by atoms with van der Waals surface area (Å²) in [6, 6.07) is 0. The highest BCUT2D eigenvalue weighted by Gasteiger charge is 2.36. The van der Waals surface area contributed by atoms with Crippen LogP contribution < -0.4 is 0 Å². The molecule has 2 saturated heterocycles. The molecule has 1 aromatic rings. The van der Waals surface area contributed by atoms with Crippen LogP contribution in [0.25, 0.3) is 0 Å². The number of thioether (sulfide) groups is 1. The van der Waals surface area contributed by atoms with E-state index < -0.39 is 0 Å². The fraction of sp³-hybridized carbons (Fsp3) is 0.778. The second kappa shape index (κ2) is 9.50. The number of likely N-dealkylation sites (tertiary alicyclic amines) is 2. The normalized spacial score (nSPS) is 25.1. The summed E-state index contributed by atoms with van der Waals surface area (Å²) in [6.07, 6.45) is 2.08. The van der Waals surface area contributed by atoms with Gasteiger partial charge in [-0.3, -0.25) is 4.79 Å². The van der Waals surface area contributed by atoms with Gasteiger partial charge in [0.1, 0.15) is 0 Å². The van der Waals surface area contributed by atoms with E-state index >= 15 is 0 Å². The highest BCUT2D eigenvalue weighted by Crippen LogP contribution is 2.28. The molecule has 1 aromatic heterocycles. The number of rotatable bonds is 7. The van der Waals surface area contributed by atoms with Crippen LogP contribution in [-0.4, -0.2) is 82.6 Å². The Morgan fingerprint density at radius 3 is 2.62 bits per heavy atom. The average molecular weight is 400 g/mol. The van der Waals surface area contributed by atoms with E-state index in [2.05, 4.69) is 9.88 Å². The minimum absolute atomic E-state index is 0.139. The summed E-state index contributed by atoms with van der Waals surface area (Å²) in [5.41, 5.74) is 0.997. The highest BCUT2D eigenvalue weighted by molar-refractivity contribution is 8.01. The third kappa shape index (κ3) is 5.19. The molecule has 3 rings (SSSR count). The number of hydrogen-bond acceptors (Lipinski definition) is 7. The van der Waals surface area contributed by atoms with Gasteiger partial charge in [-0.1, -0.05) is 11.8 Å². The van der Waals surface area contributed by atoms with Crippen LogP contribution in [0.2, 0.25) is 0 Å². The first-order chi connectivity index (χ1) is 12.6. The van der Waals surface area contributed by atoms with Crippen molar-refractivity contribution in [3.05, 3.63) is 11.1 Å². The molecular weight excluding hydrogens is 370 g/mol. The second-order valence-electron chi connectivity index (χ2n) is 7.47. The molecule has 0 spiro atoms. The zero-order valence-corrected chi connectivity index (χ0v) is 17.0. The molecule has 1 amide bonds. The van der Waals surface area contributed by atoms with Crippen LogP contribution >= 0.6 is 23.1 Å². The summed E-state index contributed by atoms with van der Waals surface area (Å²) in [4.78, 5) is 21.3. The molecule has 2 N–H and O–H groups in total. The van der Waals surface area contributed by atoms with Gasteiger partial charge < -0.3 is 20.0 Å². The van der Waals surface area contributed by atoms with Crippen LogP contribution in [-0.2, 0) is 4.79 Å². The van der Waals surface area contributed by atoms with Crippen molar-refractivity contribution < 1.29 is 15.0 Å². The largest absolute Gasteiger partial charge is 0.396 e. The Morgan fingerprint density at radius 2 is 2.00 bits per heavy atom. The van der Waals surface area contributed by atoms with Crippen LogP contribution in [0.1, 0.15) is 18.5 Å². The Hall–Kier alpha value is -0.670. The van der Waals surface area contributed by atoms with E-state index in [-0.39, 0.29) is 25.0 Å². The lowest BCUT2D eigenvalue weighted by Gasteiger charge is -2.33. The maximum atomic E-state index is 12.6. The monoisotopic (exact) mass is 399 g/mol. The first kappa shape index (κ1) is 20.1. The van der Waals surface area contributed by atoms with Crippen molar-refractivity contribution in [3.8, 4) is 0 Å². The fourth-order valence-electron chi connectivity index (χ4n) is 3.85. The van der Waals surface area contributed by atoms with Crippen molar-refractivity contribution in [1.29, 1.82) is 0 Å². The highest BCUT2D eigenvalue weighted by atomic mass is 32.2. The summed E-state index contributed by atoms with van der Waals surface area (Å²) in [6.45, 7) is 6.73. The van der Waals surface area contributed by atoms with Crippen LogP contribution in [0, 0.1) is 24.7 Å². The van der Waals surface area contributed by atoms with Gasteiger partial charge in [-0.05, 0) is 44.7 Å². The number of hydrogen-bond donors (Lipinski definition) is 2. The number of nitrogens with zero attached hydrogens (tertiary/aromatic N) is 3. The summed E-state index contributed by atoms with van der Waals surface area (Å²) < 4.78 is 0.942. The molecule has 0 aromatic carbocycles. The molecule has 8 heteroatoms. The molecule has 2 aliphatic rings. The van der Waals surface area contributed by atoms with E-state index in [4.69, 9.17) is 0 Å². The topological polar surface area (TPSA) is 76.9 Å². The predicted octanol–water partition coefficient (Wildman–Crippen LogP) is 1.31. The van der Waals surface area contributed by atoms with Crippen molar-refractivity contribution in [2.75, 3.05) is 51.7 Å². The summed E-state index contributed by atoms with van der Waals surface area (Å²) >= 11 is 3.09. The quantitative estimate of drug-likeness (QED) is 0.674. The number of aliphatic hydroxyl groups is 2. The lowest BCUT2D eigenvalue weighted by Crippen LogP contribution is -2.40. The van der Waals surface area contributed by atoms with Gasteiger partial charge >= 0.3 is 0 Å². The zero-order chi connectivity index (χ0) is 18.5. The Balaban J connectivity index is 1.47. The lowest BCUT2D eigenvalue weighted by atomic mass is 9.93. The third-order valence-electron chi connectivity index (χ3n) is 5.54. The molecule has 6 nitrogen and oxygen atoms in total. The number of carbonyl (C=O) groups is 1. The first-order valence-corrected chi connectivity index (χ1v) is 11.2. The van der Waals surface area contributed by atoms with Gasteiger partial charge in [0.25, 0.3) is 0 Å². The number of aromatic nitrogens is 1. The summed E-state index contributed by atoms with van der Waals surface area (Å²) in [5, 5.41) is 21.0. The van der Waals surface area contributed by atoms with E-state index in [9.17, 15) is 15.0 Å². The molecule has 146 valence electrons. The lowest BCUT2D eigenvalue weighted by molar-refractivity contribution is -0.127. The Labute approximate surface area is 163 Å². The van der Waals surface area contributed by atoms with Crippen molar-refractivity contribution in [1.82, 2.24) is 14.8 Å². The number of thiazole rings is 1. The maximum Gasteiger partial charge on any atom is 0.233 e. The van der Waals surface area contributed by atoms with E-state index in [0.29, 0.717) is 24.1 Å². The van der Waals surface area contributed by atoms with Gasteiger partial charge in [-0.15, -0.1) is 11.3 Å². The number of carbonyl (C=O) groups excluding carboxylic acids is 1. The zero-order valence-electron chi connectivity index (χ0n) is 15.3. The van der Waals surface area contributed by atoms with Crippen molar-refractivity contribution in [3.63, 3.8) is 0 Å². The predicted molar refractivity (Wildman–Crippen MR) is 104 cm³/mol. The van der Waals surface area contributed by atoms with Gasteiger partial charge in [0.05, 0.1) is 5.75 Å². The molecule has 2 atom stereocenters. The van der Waals surface area contributed by atoms with E-state index in [1.807, 2.05) is 17.2 Å². The molecule has 0 aliphatic carbocycles. The Kier molecular flexibility index (Phi) is 7.34. The minimum Gasteiger partial charge on any atom is -0.396 e. The van der Waals surface area contributed by atoms with Gasteiger partial charge in [0.2, 0.25) is 5.91 Å². The maximum absolute atomic E-state index is 12.6. The van der Waals surface area contributed by atoms with Gasteiger partial charge in [-0.25, -0.2) is 4.98 Å². The van der Waals surface area contributed by atoms with Crippen LogP contribution in [0.4, 0.5) is 0 Å². The van der Waals surface area contributed by atoms with Crippen LogP contribution in [0.15, 0.2) is 9.72 Å². The number of piperidine rings is 1. The van der Waals surface area contributed by atoms with Crippen molar-refractivity contribution in [2.45, 2.75) is 24.1 Å². The second-order valence-corrected chi connectivity index (χ2v) is 9.55. The van der Waals surface area contributed by atoms with Crippen molar-refractivity contribution in [2.24, 2.45) is 17.8 Å².